The molecule has 7 heteroatoms. The van der Waals surface area contributed by atoms with Crippen LogP contribution in [0.1, 0.15) is 48.9 Å². The van der Waals surface area contributed by atoms with Gasteiger partial charge in [0, 0.05) is 8.99 Å². The lowest BCUT2D eigenvalue weighted by Crippen LogP contribution is -2.60. The lowest BCUT2D eigenvalue weighted by atomic mass is 9.47. The van der Waals surface area contributed by atoms with Gasteiger partial charge in [-0.1, -0.05) is 6.07 Å². The zero-order valence-electron chi connectivity index (χ0n) is 14.7. The lowest BCUT2D eigenvalue weighted by molar-refractivity contribution is -0.221. The highest BCUT2D eigenvalue weighted by atomic mass is 127. The van der Waals surface area contributed by atoms with E-state index in [4.69, 9.17) is 4.74 Å². The number of ether oxygens (including phenoxy) is 1. The van der Waals surface area contributed by atoms with Crippen molar-refractivity contribution in [3.63, 3.8) is 0 Å². The molecule has 4 nitrogen and oxygen atoms in total. The van der Waals surface area contributed by atoms with Crippen molar-refractivity contribution in [3.05, 3.63) is 33.4 Å². The highest BCUT2D eigenvalue weighted by molar-refractivity contribution is 14.1. The van der Waals surface area contributed by atoms with Crippen molar-refractivity contribution in [2.75, 3.05) is 0 Å². The fourth-order valence-corrected chi connectivity index (χ4v) is 6.53. The first-order chi connectivity index (χ1) is 12.7. The van der Waals surface area contributed by atoms with E-state index in [9.17, 15) is 23.5 Å². The second-order valence-corrected chi connectivity index (χ2v) is 9.75. The number of aliphatic carboxylic acids is 1. The van der Waals surface area contributed by atoms with E-state index in [0.29, 0.717) is 37.0 Å². The molecule has 4 saturated carbocycles. The summed E-state index contributed by atoms with van der Waals surface area (Å²) in [6.07, 6.45) is 2.70. The Bertz CT molecular complexity index is 744. The van der Waals surface area contributed by atoms with Crippen molar-refractivity contribution in [1.82, 2.24) is 0 Å². The van der Waals surface area contributed by atoms with Crippen molar-refractivity contribution in [1.29, 1.82) is 0 Å². The van der Waals surface area contributed by atoms with E-state index in [-0.39, 0.29) is 5.56 Å². The van der Waals surface area contributed by atoms with Crippen LogP contribution >= 0.6 is 22.6 Å². The molecule has 4 fully saturated rings. The van der Waals surface area contributed by atoms with Gasteiger partial charge in [0.25, 0.3) is 0 Å². The van der Waals surface area contributed by atoms with Gasteiger partial charge in [0.05, 0.1) is 5.56 Å². The van der Waals surface area contributed by atoms with Crippen molar-refractivity contribution >= 4 is 34.5 Å². The van der Waals surface area contributed by atoms with Gasteiger partial charge >= 0.3 is 17.9 Å². The van der Waals surface area contributed by atoms with Gasteiger partial charge in [-0.15, -0.1) is 0 Å². The average molecular weight is 490 g/mol. The average Bonchev–Trinajstić information content (AvgIpc) is 2.57. The molecule has 1 aromatic carbocycles. The van der Waals surface area contributed by atoms with E-state index in [1.807, 2.05) is 22.6 Å². The second kappa shape index (κ2) is 6.67. The van der Waals surface area contributed by atoms with Gasteiger partial charge in [-0.3, -0.25) is 0 Å². The molecule has 1 unspecified atom stereocenters. The predicted octanol–water partition coefficient (Wildman–Crippen LogP) is 4.75. The van der Waals surface area contributed by atoms with Crippen molar-refractivity contribution in [3.8, 4) is 0 Å². The van der Waals surface area contributed by atoms with Crippen LogP contribution < -0.4 is 0 Å². The zero-order chi connectivity index (χ0) is 19.4. The van der Waals surface area contributed by atoms with E-state index in [1.165, 1.54) is 6.07 Å². The Hall–Kier alpha value is -1.25. The SMILES string of the molecule is O=C(OC(C12CC3CC(CC(C3)C1)C2)C(F)(F)C(=O)O)c1cccc(I)c1. The van der Waals surface area contributed by atoms with Gasteiger partial charge in [0.1, 0.15) is 0 Å². The highest BCUT2D eigenvalue weighted by Gasteiger charge is 2.65. The second-order valence-electron chi connectivity index (χ2n) is 8.50. The molecule has 146 valence electrons. The molecule has 0 spiro atoms. The smallest absolute Gasteiger partial charge is 0.379 e. The molecule has 27 heavy (non-hydrogen) atoms. The van der Waals surface area contributed by atoms with Crippen LogP contribution in [0.2, 0.25) is 0 Å². The number of halogens is 3. The van der Waals surface area contributed by atoms with Crippen LogP contribution in [0.15, 0.2) is 24.3 Å². The number of rotatable bonds is 5. The number of alkyl halides is 2. The van der Waals surface area contributed by atoms with Crippen LogP contribution in [0.25, 0.3) is 0 Å². The number of hydrogen-bond donors (Lipinski definition) is 1. The Morgan fingerprint density at radius 2 is 1.70 bits per heavy atom. The maximum absolute atomic E-state index is 14.8. The molecule has 1 N–H and O–H groups in total. The number of carbonyl (C=O) groups excluding carboxylic acids is 1. The third-order valence-electron chi connectivity index (χ3n) is 6.54. The molecule has 1 atom stereocenters. The maximum atomic E-state index is 14.8. The van der Waals surface area contributed by atoms with Crippen LogP contribution in [0.5, 0.6) is 0 Å². The minimum atomic E-state index is -4.11. The molecule has 5 rings (SSSR count). The number of esters is 1. The molecule has 0 aliphatic heterocycles. The zero-order valence-corrected chi connectivity index (χ0v) is 16.8. The van der Waals surface area contributed by atoms with Crippen molar-refractivity contribution < 1.29 is 28.2 Å². The Kier molecular flexibility index (Phi) is 4.71. The summed E-state index contributed by atoms with van der Waals surface area (Å²) in [7, 11) is 0. The monoisotopic (exact) mass is 490 g/mol. The Morgan fingerprint density at radius 1 is 1.15 bits per heavy atom. The van der Waals surface area contributed by atoms with E-state index in [2.05, 4.69) is 0 Å². The quantitative estimate of drug-likeness (QED) is 0.478. The summed E-state index contributed by atoms with van der Waals surface area (Å²) >= 11 is 2.02. The summed E-state index contributed by atoms with van der Waals surface area (Å²) < 4.78 is 35.7. The highest BCUT2D eigenvalue weighted by Crippen LogP contribution is 2.63. The Labute approximate surface area is 169 Å². The standard InChI is InChI=1S/C20H21F2IO4/c21-20(22,18(25)26)17(27-16(24)14-2-1-3-15(23)7-14)19-8-11-4-12(9-19)6-13(5-11)10-19/h1-3,7,11-13,17H,4-6,8-10H2,(H,25,26). The molecule has 0 heterocycles. The minimum Gasteiger partial charge on any atom is -0.477 e. The van der Waals surface area contributed by atoms with Crippen molar-refractivity contribution in [2.24, 2.45) is 23.2 Å². The van der Waals surface area contributed by atoms with E-state index >= 15 is 0 Å². The molecule has 4 aliphatic rings. The molecule has 0 saturated heterocycles. The molecule has 4 aliphatic carbocycles. The molecule has 4 bridgehead atoms. The van der Waals surface area contributed by atoms with Gasteiger partial charge in [-0.25, -0.2) is 9.59 Å². The summed E-state index contributed by atoms with van der Waals surface area (Å²) in [5.41, 5.74) is -0.772. The molecule has 0 radical (unpaired) electrons. The maximum Gasteiger partial charge on any atom is 0.379 e. The predicted molar refractivity (Wildman–Crippen MR) is 102 cm³/mol. The molecule has 0 aromatic heterocycles. The first kappa shape index (κ1) is 19.1. The molecular formula is C20H21F2IO4. The van der Waals surface area contributed by atoms with Crippen LogP contribution in [0.4, 0.5) is 8.78 Å². The normalized spacial score (nSPS) is 32.9. The van der Waals surface area contributed by atoms with Gasteiger partial charge in [-0.05, 0) is 97.1 Å². The van der Waals surface area contributed by atoms with Crippen LogP contribution in [-0.4, -0.2) is 29.1 Å². The topological polar surface area (TPSA) is 63.6 Å². The fraction of sp³-hybridized carbons (Fsp3) is 0.600. The first-order valence-corrected chi connectivity index (χ1v) is 10.4. The van der Waals surface area contributed by atoms with Crippen LogP contribution in [0, 0.1) is 26.7 Å². The summed E-state index contributed by atoms with van der Waals surface area (Å²) in [4.78, 5) is 24.0. The van der Waals surface area contributed by atoms with E-state index in [1.54, 1.807) is 18.2 Å². The van der Waals surface area contributed by atoms with Crippen LogP contribution in [0.3, 0.4) is 0 Å². The summed E-state index contributed by atoms with van der Waals surface area (Å²) in [6.45, 7) is 0. The largest absolute Gasteiger partial charge is 0.477 e. The Morgan fingerprint density at radius 3 is 2.19 bits per heavy atom. The molecular weight excluding hydrogens is 469 g/mol. The third-order valence-corrected chi connectivity index (χ3v) is 7.21. The number of carbonyl (C=O) groups is 2. The third kappa shape index (κ3) is 3.36. The number of carboxylic acid groups (broad SMARTS) is 1. The van der Waals surface area contributed by atoms with Crippen LogP contribution in [-0.2, 0) is 9.53 Å². The van der Waals surface area contributed by atoms with Gasteiger partial charge in [-0.2, -0.15) is 8.78 Å². The first-order valence-electron chi connectivity index (χ1n) is 9.27. The molecule has 1 aromatic rings. The number of carboxylic acids is 1. The fourth-order valence-electron chi connectivity index (χ4n) is 5.98. The summed E-state index contributed by atoms with van der Waals surface area (Å²) in [6, 6.07) is 6.48. The Balaban J connectivity index is 1.68. The van der Waals surface area contributed by atoms with Gasteiger partial charge < -0.3 is 9.84 Å². The van der Waals surface area contributed by atoms with E-state index in [0.717, 1.165) is 22.8 Å². The summed E-state index contributed by atoms with van der Waals surface area (Å²) in [5.74, 6) is -6.21. The number of benzene rings is 1. The van der Waals surface area contributed by atoms with Gasteiger partial charge in [0.15, 0.2) is 6.10 Å². The molecule has 0 amide bonds. The van der Waals surface area contributed by atoms with Crippen molar-refractivity contribution in [2.45, 2.75) is 50.6 Å². The number of hydrogen-bond acceptors (Lipinski definition) is 3. The van der Waals surface area contributed by atoms with E-state index < -0.39 is 29.4 Å². The minimum absolute atomic E-state index is 0.165. The van der Waals surface area contributed by atoms with Gasteiger partial charge in [0.2, 0.25) is 0 Å². The summed E-state index contributed by atoms with van der Waals surface area (Å²) in [5, 5.41) is 9.20. The lowest BCUT2D eigenvalue weighted by Gasteiger charge is -2.59.